The number of para-hydroxylation sites is 1. The molecule has 2 aromatic carbocycles. The largest absolute Gasteiger partial charge is 0.496 e. The minimum atomic E-state index is -3.64. The maximum absolute atomic E-state index is 13.6. The van der Waals surface area contributed by atoms with Crippen LogP contribution in [0, 0.1) is 0 Å². The first kappa shape index (κ1) is 28.5. The van der Waals surface area contributed by atoms with Crippen LogP contribution in [0.3, 0.4) is 0 Å². The molecule has 0 radical (unpaired) electrons. The first-order valence-corrected chi connectivity index (χ1v) is 14.6. The molecular weight excluding hydrogens is 506 g/mol. The Morgan fingerprint density at radius 2 is 1.71 bits per heavy atom. The van der Waals surface area contributed by atoms with Crippen molar-refractivity contribution in [3.8, 4) is 5.75 Å². The van der Waals surface area contributed by atoms with Crippen LogP contribution in [0.1, 0.15) is 41.6 Å². The van der Waals surface area contributed by atoms with Crippen molar-refractivity contribution < 1.29 is 27.4 Å². The van der Waals surface area contributed by atoms with Gasteiger partial charge in [-0.25, -0.2) is 0 Å². The molecule has 0 spiro atoms. The molecule has 208 valence electrons. The summed E-state index contributed by atoms with van der Waals surface area (Å²) in [5.74, 6) is 0.348. The fraction of sp³-hybridized carbons (Fsp3) is 0.536. The van der Waals surface area contributed by atoms with E-state index in [1.165, 1.54) is 4.31 Å². The summed E-state index contributed by atoms with van der Waals surface area (Å²) in [6.07, 6.45) is 2.87. The first-order valence-electron chi connectivity index (χ1n) is 13.2. The van der Waals surface area contributed by atoms with E-state index in [-0.39, 0.29) is 17.4 Å². The van der Waals surface area contributed by atoms with Crippen LogP contribution in [-0.2, 0) is 25.1 Å². The number of rotatable bonds is 11. The van der Waals surface area contributed by atoms with Gasteiger partial charge >= 0.3 is 0 Å². The molecule has 9 nitrogen and oxygen atoms in total. The Balaban J connectivity index is 1.52. The highest BCUT2D eigenvalue weighted by Gasteiger charge is 2.42. The van der Waals surface area contributed by atoms with E-state index in [4.69, 9.17) is 14.2 Å². The van der Waals surface area contributed by atoms with Crippen molar-refractivity contribution in [1.82, 2.24) is 13.9 Å². The number of morpholine rings is 1. The summed E-state index contributed by atoms with van der Waals surface area (Å²) in [5, 5.41) is 3.15. The average molecular weight is 546 g/mol. The van der Waals surface area contributed by atoms with Crippen LogP contribution in [0.25, 0.3) is 0 Å². The lowest BCUT2D eigenvalue weighted by molar-refractivity contribution is 0.0659. The summed E-state index contributed by atoms with van der Waals surface area (Å²) in [6.45, 7) is 2.64. The van der Waals surface area contributed by atoms with Gasteiger partial charge in [0.2, 0.25) is 0 Å². The second-order valence-corrected chi connectivity index (χ2v) is 11.8. The number of benzene rings is 2. The lowest BCUT2D eigenvalue weighted by atomic mass is 9.68. The van der Waals surface area contributed by atoms with Gasteiger partial charge in [-0.1, -0.05) is 42.5 Å². The van der Waals surface area contributed by atoms with Crippen LogP contribution < -0.4 is 10.1 Å². The van der Waals surface area contributed by atoms with Crippen LogP contribution in [0.4, 0.5) is 0 Å². The molecule has 0 atom stereocenters. The fourth-order valence-corrected chi connectivity index (χ4v) is 7.37. The SMILES string of the molecule is COCCN([C@H]1CC[C@@](CNC(=O)c2ccccc2OC)(c2ccccc2)CC1)S(=O)(=O)N1CCOCC1. The zero-order valence-corrected chi connectivity index (χ0v) is 23.1. The quantitative estimate of drug-likeness (QED) is 0.467. The number of methoxy groups -OCH3 is 2. The molecule has 2 fully saturated rings. The predicted molar refractivity (Wildman–Crippen MR) is 146 cm³/mol. The van der Waals surface area contributed by atoms with Gasteiger partial charge in [-0.15, -0.1) is 0 Å². The molecular formula is C28H39N3O6S. The third-order valence-corrected chi connectivity index (χ3v) is 9.84. The van der Waals surface area contributed by atoms with Gasteiger partial charge in [0.1, 0.15) is 5.75 Å². The summed E-state index contributed by atoms with van der Waals surface area (Å²) in [7, 11) is -0.501. The molecule has 1 heterocycles. The van der Waals surface area contributed by atoms with Gasteiger partial charge in [0.15, 0.2) is 0 Å². The summed E-state index contributed by atoms with van der Waals surface area (Å²) in [5.41, 5.74) is 1.35. The van der Waals surface area contributed by atoms with Crippen LogP contribution in [0.2, 0.25) is 0 Å². The highest BCUT2D eigenvalue weighted by molar-refractivity contribution is 7.86. The van der Waals surface area contributed by atoms with Crippen molar-refractivity contribution in [2.75, 3.05) is 60.2 Å². The van der Waals surface area contributed by atoms with Crippen molar-refractivity contribution >= 4 is 16.1 Å². The molecule has 1 aliphatic heterocycles. The minimum Gasteiger partial charge on any atom is -0.496 e. The standard InChI is InChI=1S/C28H39N3O6S/c1-35-19-18-31(38(33,34)30-16-20-37-21-17-30)24-12-14-28(15-13-24,23-8-4-3-5-9-23)22-29-27(32)25-10-6-7-11-26(25)36-2/h3-11,24H,12-22H2,1-2H3,(H,29,32)/t24-,28+. The van der Waals surface area contributed by atoms with Gasteiger partial charge in [0, 0.05) is 44.7 Å². The molecule has 4 rings (SSSR count). The highest BCUT2D eigenvalue weighted by Crippen LogP contribution is 2.41. The van der Waals surface area contributed by atoms with E-state index in [0.717, 1.165) is 18.4 Å². The summed E-state index contributed by atoms with van der Waals surface area (Å²) in [4.78, 5) is 13.1. The number of ether oxygens (including phenoxy) is 3. The molecule has 10 heteroatoms. The Bertz CT molecular complexity index is 1150. The molecule has 1 amide bonds. The van der Waals surface area contributed by atoms with Crippen molar-refractivity contribution in [2.45, 2.75) is 37.1 Å². The molecule has 2 aliphatic rings. The molecule has 1 saturated carbocycles. The summed E-state index contributed by atoms with van der Waals surface area (Å²) < 4.78 is 46.4. The normalized spacial score (nSPS) is 22.8. The number of hydrogen-bond acceptors (Lipinski definition) is 6. The number of carbonyl (C=O) groups excluding carboxylic acids is 1. The molecule has 1 saturated heterocycles. The van der Waals surface area contributed by atoms with E-state index in [9.17, 15) is 13.2 Å². The van der Waals surface area contributed by atoms with E-state index >= 15 is 0 Å². The van der Waals surface area contributed by atoms with Gasteiger partial charge in [0.25, 0.3) is 16.1 Å². The van der Waals surface area contributed by atoms with Crippen LogP contribution in [-0.4, -0.2) is 89.2 Å². The Morgan fingerprint density at radius 1 is 1.05 bits per heavy atom. The Kier molecular flexibility index (Phi) is 9.78. The fourth-order valence-electron chi connectivity index (χ4n) is 5.57. The van der Waals surface area contributed by atoms with Gasteiger partial charge in [-0.3, -0.25) is 4.79 Å². The summed E-state index contributed by atoms with van der Waals surface area (Å²) >= 11 is 0. The molecule has 1 aliphatic carbocycles. The third-order valence-electron chi connectivity index (χ3n) is 7.75. The van der Waals surface area contributed by atoms with Crippen molar-refractivity contribution in [3.05, 3.63) is 65.7 Å². The lowest BCUT2D eigenvalue weighted by Crippen LogP contribution is -2.55. The Labute approximate surface area is 226 Å². The zero-order chi connectivity index (χ0) is 27.0. The predicted octanol–water partition coefficient (Wildman–Crippen LogP) is 2.83. The second kappa shape index (κ2) is 13.0. The monoisotopic (exact) mass is 545 g/mol. The van der Waals surface area contributed by atoms with Crippen LogP contribution in [0.5, 0.6) is 5.75 Å². The number of carbonyl (C=O) groups is 1. The number of nitrogens with zero attached hydrogens (tertiary/aromatic N) is 2. The third kappa shape index (κ3) is 6.38. The van der Waals surface area contributed by atoms with Crippen molar-refractivity contribution in [1.29, 1.82) is 0 Å². The summed E-state index contributed by atoms with van der Waals surface area (Å²) in [6, 6.07) is 17.3. The van der Waals surface area contributed by atoms with E-state index < -0.39 is 10.2 Å². The number of hydrogen-bond donors (Lipinski definition) is 1. The lowest BCUT2D eigenvalue weighted by Gasteiger charge is -2.44. The van der Waals surface area contributed by atoms with Gasteiger partial charge in [-0.2, -0.15) is 17.0 Å². The molecule has 0 unspecified atom stereocenters. The highest BCUT2D eigenvalue weighted by atomic mass is 32.2. The van der Waals surface area contributed by atoms with E-state index in [2.05, 4.69) is 17.4 Å². The molecule has 2 aromatic rings. The van der Waals surface area contributed by atoms with Gasteiger partial charge in [-0.05, 0) is 43.4 Å². The van der Waals surface area contributed by atoms with Gasteiger partial charge < -0.3 is 19.5 Å². The number of amides is 1. The van der Waals surface area contributed by atoms with Gasteiger partial charge in [0.05, 0.1) is 32.5 Å². The van der Waals surface area contributed by atoms with Crippen molar-refractivity contribution in [2.24, 2.45) is 0 Å². The second-order valence-electron chi connectivity index (χ2n) is 9.88. The maximum atomic E-state index is 13.6. The van der Waals surface area contributed by atoms with Crippen molar-refractivity contribution in [3.63, 3.8) is 0 Å². The number of nitrogens with one attached hydrogen (secondary N) is 1. The molecule has 0 aromatic heterocycles. The average Bonchev–Trinajstić information content (AvgIpc) is 2.97. The topological polar surface area (TPSA) is 97.4 Å². The van der Waals surface area contributed by atoms with E-state index in [0.29, 0.717) is 70.2 Å². The maximum Gasteiger partial charge on any atom is 0.282 e. The first-order chi connectivity index (χ1) is 18.4. The molecule has 1 N–H and O–H groups in total. The van der Waals surface area contributed by atoms with Crippen LogP contribution >= 0.6 is 0 Å². The molecule has 38 heavy (non-hydrogen) atoms. The minimum absolute atomic E-state index is 0.139. The Hall–Kier alpha value is -2.50. The van der Waals surface area contributed by atoms with E-state index in [1.54, 1.807) is 30.7 Å². The smallest absolute Gasteiger partial charge is 0.282 e. The van der Waals surface area contributed by atoms with Crippen LogP contribution in [0.15, 0.2) is 54.6 Å². The van der Waals surface area contributed by atoms with E-state index in [1.807, 2.05) is 30.3 Å². The molecule has 0 bridgehead atoms. The zero-order valence-electron chi connectivity index (χ0n) is 22.3. The Morgan fingerprint density at radius 3 is 2.37 bits per heavy atom.